The number of hydrogen-bond donors (Lipinski definition) is 1. The highest BCUT2D eigenvalue weighted by Crippen LogP contribution is 2.20. The van der Waals surface area contributed by atoms with Crippen LogP contribution in [0.3, 0.4) is 0 Å². The fourth-order valence-corrected chi connectivity index (χ4v) is 2.00. The molecule has 1 atom stereocenters. The van der Waals surface area contributed by atoms with E-state index in [-0.39, 0.29) is 23.7 Å². The molecule has 0 aromatic carbocycles. The highest BCUT2D eigenvalue weighted by atomic mass is 16.2. The third kappa shape index (κ3) is 2.78. The lowest BCUT2D eigenvalue weighted by molar-refractivity contribution is -0.138. The van der Waals surface area contributed by atoms with E-state index in [4.69, 9.17) is 0 Å². The minimum absolute atomic E-state index is 0.0120. The van der Waals surface area contributed by atoms with E-state index in [1.54, 1.807) is 11.9 Å². The lowest BCUT2D eigenvalue weighted by Crippen LogP contribution is -2.45. The first-order valence-electron chi connectivity index (χ1n) is 5.55. The summed E-state index contributed by atoms with van der Waals surface area (Å²) in [6.45, 7) is 4.83. The monoisotopic (exact) mass is 212 g/mol. The molecule has 0 radical (unpaired) electrons. The second-order valence-corrected chi connectivity index (χ2v) is 4.33. The van der Waals surface area contributed by atoms with Gasteiger partial charge in [-0.05, 0) is 19.9 Å². The van der Waals surface area contributed by atoms with Crippen LogP contribution in [0.15, 0.2) is 0 Å². The Labute approximate surface area is 91.0 Å². The van der Waals surface area contributed by atoms with Crippen LogP contribution >= 0.6 is 0 Å². The standard InChI is InChI=1S/C11H20N2O2/c1-8(2)11(15)9-5-4-6-13(9)10(14)7-12-3/h8-9,12H,4-7H2,1-3H3. The zero-order valence-corrected chi connectivity index (χ0v) is 9.75. The van der Waals surface area contributed by atoms with E-state index >= 15 is 0 Å². The molecule has 1 unspecified atom stereocenters. The third-order valence-corrected chi connectivity index (χ3v) is 2.80. The summed E-state index contributed by atoms with van der Waals surface area (Å²) >= 11 is 0. The molecule has 0 saturated carbocycles. The van der Waals surface area contributed by atoms with Crippen LogP contribution in [-0.4, -0.2) is 42.8 Å². The molecule has 4 heteroatoms. The van der Waals surface area contributed by atoms with Gasteiger partial charge in [-0.3, -0.25) is 9.59 Å². The number of carbonyl (C=O) groups excluding carboxylic acids is 2. The lowest BCUT2D eigenvalue weighted by atomic mass is 10.00. The molecule has 15 heavy (non-hydrogen) atoms. The van der Waals surface area contributed by atoms with Gasteiger partial charge in [0.2, 0.25) is 5.91 Å². The molecule has 4 nitrogen and oxygen atoms in total. The van der Waals surface area contributed by atoms with E-state index in [9.17, 15) is 9.59 Å². The highest BCUT2D eigenvalue weighted by molar-refractivity contribution is 5.91. The average molecular weight is 212 g/mol. The predicted molar refractivity (Wildman–Crippen MR) is 58.5 cm³/mol. The van der Waals surface area contributed by atoms with Crippen molar-refractivity contribution < 1.29 is 9.59 Å². The molecule has 1 heterocycles. The fraction of sp³-hybridized carbons (Fsp3) is 0.818. The maximum atomic E-state index is 11.8. The van der Waals surface area contributed by atoms with E-state index in [1.807, 2.05) is 13.8 Å². The summed E-state index contributed by atoms with van der Waals surface area (Å²) in [5, 5.41) is 2.83. The van der Waals surface area contributed by atoms with Crippen LogP contribution in [0.1, 0.15) is 26.7 Å². The van der Waals surface area contributed by atoms with Crippen molar-refractivity contribution in [1.82, 2.24) is 10.2 Å². The van der Waals surface area contributed by atoms with Crippen molar-refractivity contribution in [3.63, 3.8) is 0 Å². The number of rotatable bonds is 4. The molecule has 1 N–H and O–H groups in total. The van der Waals surface area contributed by atoms with Gasteiger partial charge in [0.05, 0.1) is 12.6 Å². The normalized spacial score (nSPS) is 21.1. The zero-order valence-electron chi connectivity index (χ0n) is 9.75. The maximum absolute atomic E-state index is 11.8. The predicted octanol–water partition coefficient (Wildman–Crippen LogP) is 0.422. The number of nitrogens with one attached hydrogen (secondary N) is 1. The number of nitrogens with zero attached hydrogens (tertiary/aromatic N) is 1. The van der Waals surface area contributed by atoms with E-state index < -0.39 is 0 Å². The zero-order chi connectivity index (χ0) is 11.4. The molecule has 1 amide bonds. The van der Waals surface area contributed by atoms with Crippen molar-refractivity contribution in [2.45, 2.75) is 32.7 Å². The first-order chi connectivity index (χ1) is 7.07. The molecule has 0 aromatic heterocycles. The summed E-state index contributed by atoms with van der Waals surface area (Å²) in [5.41, 5.74) is 0. The van der Waals surface area contributed by atoms with Crippen LogP contribution in [0, 0.1) is 5.92 Å². The molecule has 0 bridgehead atoms. The average Bonchev–Trinajstić information content (AvgIpc) is 2.65. The number of amides is 1. The van der Waals surface area contributed by atoms with E-state index in [2.05, 4.69) is 5.32 Å². The maximum Gasteiger partial charge on any atom is 0.237 e. The molecule has 1 aliphatic heterocycles. The Kier molecular flexibility index (Phi) is 4.27. The van der Waals surface area contributed by atoms with Gasteiger partial charge in [0.25, 0.3) is 0 Å². The van der Waals surface area contributed by atoms with Gasteiger partial charge in [-0.15, -0.1) is 0 Å². The van der Waals surface area contributed by atoms with Gasteiger partial charge in [-0.1, -0.05) is 13.8 Å². The number of hydrogen-bond acceptors (Lipinski definition) is 3. The Morgan fingerprint density at radius 3 is 2.67 bits per heavy atom. The van der Waals surface area contributed by atoms with Crippen molar-refractivity contribution in [3.05, 3.63) is 0 Å². The molecule has 1 rings (SSSR count). The molecule has 0 spiro atoms. The first kappa shape index (κ1) is 12.2. The van der Waals surface area contributed by atoms with Gasteiger partial charge in [0.15, 0.2) is 5.78 Å². The minimum atomic E-state index is -0.175. The fourth-order valence-electron chi connectivity index (χ4n) is 2.00. The molecule has 0 aromatic rings. The van der Waals surface area contributed by atoms with Crippen molar-refractivity contribution >= 4 is 11.7 Å². The largest absolute Gasteiger partial charge is 0.332 e. The van der Waals surface area contributed by atoms with Crippen LogP contribution in [0.2, 0.25) is 0 Å². The molecule has 0 aliphatic carbocycles. The van der Waals surface area contributed by atoms with Crippen LogP contribution < -0.4 is 5.32 Å². The van der Waals surface area contributed by atoms with Crippen molar-refractivity contribution in [1.29, 1.82) is 0 Å². The van der Waals surface area contributed by atoms with Crippen LogP contribution in [0.25, 0.3) is 0 Å². The first-order valence-corrected chi connectivity index (χ1v) is 5.55. The van der Waals surface area contributed by atoms with E-state index in [0.717, 1.165) is 19.4 Å². The molecular weight excluding hydrogens is 192 g/mol. The Morgan fingerprint density at radius 1 is 1.47 bits per heavy atom. The Hall–Kier alpha value is -0.900. The third-order valence-electron chi connectivity index (χ3n) is 2.80. The lowest BCUT2D eigenvalue weighted by Gasteiger charge is -2.24. The van der Waals surface area contributed by atoms with Gasteiger partial charge in [-0.2, -0.15) is 0 Å². The number of likely N-dealkylation sites (tertiary alicyclic amines) is 1. The number of Topliss-reactive ketones (excluding diaryl/α,β-unsaturated/α-hetero) is 1. The molecule has 1 fully saturated rings. The number of ketones is 1. The Bertz CT molecular complexity index is 251. The molecule has 86 valence electrons. The Balaban J connectivity index is 2.64. The minimum Gasteiger partial charge on any atom is -0.332 e. The van der Waals surface area contributed by atoms with E-state index in [1.165, 1.54) is 0 Å². The van der Waals surface area contributed by atoms with Crippen molar-refractivity contribution in [2.75, 3.05) is 20.1 Å². The highest BCUT2D eigenvalue weighted by Gasteiger charge is 2.34. The number of likely N-dealkylation sites (N-methyl/N-ethyl adjacent to an activating group) is 1. The Morgan fingerprint density at radius 2 is 2.13 bits per heavy atom. The van der Waals surface area contributed by atoms with Gasteiger partial charge in [0, 0.05) is 12.5 Å². The van der Waals surface area contributed by atoms with Crippen molar-refractivity contribution in [3.8, 4) is 0 Å². The summed E-state index contributed by atoms with van der Waals surface area (Å²) in [5.74, 6) is 0.240. The topological polar surface area (TPSA) is 49.4 Å². The SMILES string of the molecule is CNCC(=O)N1CCCC1C(=O)C(C)C. The molecule has 1 aliphatic rings. The summed E-state index contributed by atoms with van der Waals surface area (Å²) in [6.07, 6.45) is 1.77. The quantitative estimate of drug-likeness (QED) is 0.735. The summed E-state index contributed by atoms with van der Waals surface area (Å²) < 4.78 is 0. The van der Waals surface area contributed by atoms with Crippen LogP contribution in [0.5, 0.6) is 0 Å². The summed E-state index contributed by atoms with van der Waals surface area (Å²) in [4.78, 5) is 25.3. The second kappa shape index (κ2) is 5.26. The second-order valence-electron chi connectivity index (χ2n) is 4.33. The van der Waals surface area contributed by atoms with Gasteiger partial charge in [-0.25, -0.2) is 0 Å². The summed E-state index contributed by atoms with van der Waals surface area (Å²) in [7, 11) is 1.74. The number of carbonyl (C=O) groups is 2. The van der Waals surface area contributed by atoms with Gasteiger partial charge in [0.1, 0.15) is 0 Å². The molecule has 1 saturated heterocycles. The smallest absolute Gasteiger partial charge is 0.237 e. The van der Waals surface area contributed by atoms with Gasteiger partial charge >= 0.3 is 0 Å². The van der Waals surface area contributed by atoms with Gasteiger partial charge < -0.3 is 10.2 Å². The van der Waals surface area contributed by atoms with Crippen LogP contribution in [0.4, 0.5) is 0 Å². The van der Waals surface area contributed by atoms with Crippen LogP contribution in [-0.2, 0) is 9.59 Å². The van der Waals surface area contributed by atoms with Crippen molar-refractivity contribution in [2.24, 2.45) is 5.92 Å². The van der Waals surface area contributed by atoms with E-state index in [0.29, 0.717) is 6.54 Å². The summed E-state index contributed by atoms with van der Waals surface area (Å²) in [6, 6.07) is -0.175. The molecular formula is C11H20N2O2.